The quantitative estimate of drug-likeness (QED) is 0.162. The second-order valence-corrected chi connectivity index (χ2v) is 22.8. The normalized spacial score (nSPS) is 12.1. The molecule has 6 aromatic rings. The summed E-state index contributed by atoms with van der Waals surface area (Å²) in [4.78, 5) is 10.3. The molecule has 0 aliphatic carbocycles. The summed E-state index contributed by atoms with van der Waals surface area (Å²) in [5.74, 6) is 0.104. The van der Waals surface area contributed by atoms with Crippen LogP contribution in [0.15, 0.2) is 109 Å². The Morgan fingerprint density at radius 1 is 0.368 bits per heavy atom. The van der Waals surface area contributed by atoms with E-state index in [1.807, 2.05) is 84.9 Å². The van der Waals surface area contributed by atoms with Crippen LogP contribution in [0, 0.1) is 0 Å². The van der Waals surface area contributed by atoms with E-state index in [-0.39, 0.29) is 56.1 Å². The number of benzene rings is 4. The van der Waals surface area contributed by atoms with Gasteiger partial charge in [0, 0.05) is 11.1 Å². The van der Waals surface area contributed by atoms with Gasteiger partial charge in [-0.1, -0.05) is 180 Å². The maximum atomic E-state index is 14.2. The molecular formula is C52H60HfN2O2. The van der Waals surface area contributed by atoms with Crippen LogP contribution in [-0.4, -0.2) is 9.97 Å². The van der Waals surface area contributed by atoms with Crippen LogP contribution in [0.4, 0.5) is 0 Å². The molecule has 0 fully saturated rings. The molecule has 5 heteroatoms. The first-order chi connectivity index (χ1) is 26.6. The Hall–Kier alpha value is -4.35. The zero-order chi connectivity index (χ0) is 42.1. The van der Waals surface area contributed by atoms with Crippen molar-refractivity contribution in [1.29, 1.82) is 0 Å². The molecule has 57 heavy (non-hydrogen) atoms. The van der Waals surface area contributed by atoms with Crippen molar-refractivity contribution in [2.75, 3.05) is 0 Å². The molecule has 0 atom stereocenters. The number of aromatic nitrogens is 2. The summed E-state index contributed by atoms with van der Waals surface area (Å²) in [6.07, 6.45) is 0. The first-order valence-corrected chi connectivity index (χ1v) is 27.2. The zero-order valence-corrected chi connectivity index (χ0v) is 40.2. The van der Waals surface area contributed by atoms with Gasteiger partial charge >= 0.3 is 32.3 Å². The van der Waals surface area contributed by atoms with E-state index in [0.717, 1.165) is 67.3 Å². The third-order valence-electron chi connectivity index (χ3n) is 10.3. The van der Waals surface area contributed by atoms with Gasteiger partial charge < -0.3 is 10.2 Å². The standard InChI is InChI=1S/C50H56N2O2.2CH3.Hf/c1-47(2,3)31-27-37(45(53)39(29-31)49(7,8)9)33-19-13-15-21-35(33)41-23-17-25-43(51-41)44-26-18-24-42(52-44)36-22-16-14-20-34(36)38-28-32(48(4,5)6)30-40(46(38)54)50(10,11)12;;;/h13-30,53-54H,1-12H3;2*1H3;/q;;;+2/p-2. The monoisotopic (exact) mass is 924 g/mol. The minimum atomic E-state index is -0.310. The van der Waals surface area contributed by atoms with Gasteiger partial charge in [0.05, 0.1) is 22.8 Å². The molecule has 0 N–H and O–H groups in total. The maximum absolute atomic E-state index is 14.2. The molecule has 2 aromatic heterocycles. The third kappa shape index (κ3) is 9.86. The van der Waals surface area contributed by atoms with Crippen molar-refractivity contribution in [3.05, 3.63) is 131 Å². The van der Waals surface area contributed by atoms with E-state index in [9.17, 15) is 10.2 Å². The Morgan fingerprint density at radius 3 is 0.965 bits per heavy atom. The van der Waals surface area contributed by atoms with Gasteiger partial charge in [-0.15, -0.1) is 0 Å². The molecule has 294 valence electrons. The molecule has 2 heterocycles. The summed E-state index contributed by atoms with van der Waals surface area (Å²) in [6, 6.07) is 36.3. The minimum absolute atomic E-state index is 0.0519. The molecule has 4 aromatic carbocycles. The Morgan fingerprint density at radius 2 is 0.667 bits per heavy atom. The fourth-order valence-electron chi connectivity index (χ4n) is 6.98. The first-order valence-electron chi connectivity index (χ1n) is 20.0. The van der Waals surface area contributed by atoms with Crippen LogP contribution in [-0.2, 0) is 44.6 Å². The number of rotatable bonds is 5. The van der Waals surface area contributed by atoms with Gasteiger partial charge in [-0.2, -0.15) is 0 Å². The summed E-state index contributed by atoms with van der Waals surface area (Å²) in [6.45, 7) is 25.7. The molecule has 6 rings (SSSR count). The van der Waals surface area contributed by atoms with E-state index < -0.39 is 0 Å². The predicted octanol–water partition coefficient (Wildman–Crippen LogP) is 13.3. The van der Waals surface area contributed by atoms with Crippen LogP contribution < -0.4 is 10.2 Å². The van der Waals surface area contributed by atoms with Crippen molar-refractivity contribution < 1.29 is 33.1 Å². The van der Waals surface area contributed by atoms with Crippen molar-refractivity contribution in [1.82, 2.24) is 9.97 Å². The van der Waals surface area contributed by atoms with Gasteiger partial charge in [0.1, 0.15) is 0 Å². The average Bonchev–Trinajstić information content (AvgIpc) is 3.13. The van der Waals surface area contributed by atoms with E-state index in [1.165, 1.54) is 0 Å². The number of pyridine rings is 2. The average molecular weight is 924 g/mol. The van der Waals surface area contributed by atoms with E-state index in [1.54, 1.807) is 0 Å². The third-order valence-corrected chi connectivity index (χ3v) is 10.3. The molecule has 0 saturated carbocycles. The molecule has 0 bridgehead atoms. The fourth-order valence-corrected chi connectivity index (χ4v) is 6.98. The van der Waals surface area contributed by atoms with E-state index in [2.05, 4.69) is 117 Å². The van der Waals surface area contributed by atoms with Crippen molar-refractivity contribution in [2.45, 2.75) is 114 Å². The summed E-state index contributed by atoms with van der Waals surface area (Å²) in [5, 5.41) is 28.4. The number of nitrogens with zero attached hydrogens (tertiary/aromatic N) is 2. The van der Waals surface area contributed by atoms with Gasteiger partial charge in [-0.05, 0) is 90.4 Å². The van der Waals surface area contributed by atoms with Gasteiger partial charge in [-0.25, -0.2) is 9.97 Å². The summed E-state index contributed by atoms with van der Waals surface area (Å²) >= 11 is 0.0833. The summed E-state index contributed by atoms with van der Waals surface area (Å²) < 4.78 is 4.64. The van der Waals surface area contributed by atoms with Crippen molar-refractivity contribution >= 4 is 0 Å². The van der Waals surface area contributed by atoms with Crippen molar-refractivity contribution in [2.24, 2.45) is 0 Å². The Bertz CT molecular complexity index is 2200. The molecule has 0 amide bonds. The molecule has 0 unspecified atom stereocenters. The topological polar surface area (TPSA) is 71.9 Å². The molecular weight excluding hydrogens is 863 g/mol. The van der Waals surface area contributed by atoms with Crippen molar-refractivity contribution in [3.8, 4) is 67.7 Å². The molecule has 0 radical (unpaired) electrons. The van der Waals surface area contributed by atoms with E-state index in [4.69, 9.17) is 9.97 Å². The van der Waals surface area contributed by atoms with Gasteiger partial charge in [0.15, 0.2) is 0 Å². The van der Waals surface area contributed by atoms with Gasteiger partial charge in [-0.3, -0.25) is 0 Å². The second-order valence-electron chi connectivity index (χ2n) is 19.2. The van der Waals surface area contributed by atoms with Crippen LogP contribution in [0.25, 0.3) is 56.2 Å². The molecule has 0 saturated heterocycles. The Balaban J connectivity index is 0.00000200. The first kappa shape index (κ1) is 43.8. The fraction of sp³-hybridized carbons (Fsp3) is 0.346. The zero-order valence-electron chi connectivity index (χ0n) is 36.6. The van der Waals surface area contributed by atoms with Crippen LogP contribution in [0.3, 0.4) is 0 Å². The summed E-state index contributed by atoms with van der Waals surface area (Å²) in [7, 11) is 0. The molecule has 0 aliphatic heterocycles. The summed E-state index contributed by atoms with van der Waals surface area (Å²) in [5.41, 5.74) is 10.8. The van der Waals surface area contributed by atoms with Crippen LogP contribution in [0.5, 0.6) is 11.5 Å². The van der Waals surface area contributed by atoms with E-state index >= 15 is 0 Å². The number of hydrogen-bond acceptors (Lipinski definition) is 4. The molecule has 0 spiro atoms. The number of hydrogen-bond donors (Lipinski definition) is 0. The SMILES string of the molecule is CC(C)(C)c1cc(-c2ccccc2-c2cccc(-c3cccc(-c4ccccc4-c4cc(C(C)(C)C)cc(C(C)(C)C)c4[O-])n3)n2)c([O-])c(C(C)(C)C)c1.[CH3][Hf+2][CH3]. The predicted molar refractivity (Wildman–Crippen MR) is 235 cm³/mol. The Labute approximate surface area is 354 Å². The molecule has 0 aliphatic rings. The van der Waals surface area contributed by atoms with E-state index in [0.29, 0.717) is 11.1 Å². The second kappa shape index (κ2) is 16.9. The Kier molecular flexibility index (Phi) is 12.9. The van der Waals surface area contributed by atoms with Gasteiger partial charge in [0.25, 0.3) is 0 Å². The molecule has 4 nitrogen and oxygen atoms in total. The van der Waals surface area contributed by atoms with Crippen LogP contribution in [0.1, 0.15) is 105 Å². The van der Waals surface area contributed by atoms with Crippen molar-refractivity contribution in [3.63, 3.8) is 0 Å². The van der Waals surface area contributed by atoms with Crippen LogP contribution in [0.2, 0.25) is 9.36 Å². The van der Waals surface area contributed by atoms with Gasteiger partial charge in [0.2, 0.25) is 0 Å². The van der Waals surface area contributed by atoms with Crippen LogP contribution >= 0.6 is 0 Å².